The van der Waals surface area contributed by atoms with E-state index in [2.05, 4.69) is 41.6 Å². The molecular weight excluding hydrogens is 418 g/mol. The quantitative estimate of drug-likeness (QED) is 0.347. The lowest BCUT2D eigenvalue weighted by Gasteiger charge is -2.10. The zero-order valence-electron chi connectivity index (χ0n) is 18.3. The monoisotopic (exact) mass is 443 g/mol. The molecule has 0 bridgehead atoms. The minimum Gasteiger partial charge on any atom is -0.436 e. The summed E-state index contributed by atoms with van der Waals surface area (Å²) in [5, 5.41) is 5.97. The van der Waals surface area contributed by atoms with Gasteiger partial charge < -0.3 is 9.73 Å². The molecule has 5 nitrogen and oxygen atoms in total. The van der Waals surface area contributed by atoms with Crippen LogP contribution in [0.15, 0.2) is 71.1 Å². The van der Waals surface area contributed by atoms with Crippen LogP contribution >= 0.6 is 12.2 Å². The minimum atomic E-state index is -0.248. The number of benzene rings is 3. The maximum absolute atomic E-state index is 12.3. The molecule has 4 aromatic rings. The average molecular weight is 444 g/mol. The Kier molecular flexibility index (Phi) is 6.32. The zero-order valence-corrected chi connectivity index (χ0v) is 19.1. The summed E-state index contributed by atoms with van der Waals surface area (Å²) in [6.45, 7) is 6.36. The second kappa shape index (κ2) is 9.32. The molecule has 2 N–H and O–H groups in total. The van der Waals surface area contributed by atoms with Crippen LogP contribution < -0.4 is 10.6 Å². The Labute approximate surface area is 192 Å². The minimum absolute atomic E-state index is 0.239. The first-order valence-corrected chi connectivity index (χ1v) is 11.0. The van der Waals surface area contributed by atoms with Crippen LogP contribution in [-0.4, -0.2) is 16.0 Å². The van der Waals surface area contributed by atoms with Crippen molar-refractivity contribution in [2.45, 2.75) is 33.1 Å². The fourth-order valence-electron chi connectivity index (χ4n) is 3.35. The molecule has 1 heterocycles. The van der Waals surface area contributed by atoms with Crippen LogP contribution in [0, 0.1) is 6.92 Å². The van der Waals surface area contributed by atoms with Gasteiger partial charge in [0, 0.05) is 16.8 Å². The van der Waals surface area contributed by atoms with E-state index < -0.39 is 0 Å². The molecule has 0 unspecified atom stereocenters. The van der Waals surface area contributed by atoms with E-state index in [-0.39, 0.29) is 11.0 Å². The van der Waals surface area contributed by atoms with Gasteiger partial charge in [0.1, 0.15) is 5.52 Å². The normalized spacial score (nSPS) is 11.8. The standard InChI is InChI=1S/C26H25N3O2S/c1-4-17(3)20-11-14-23-22(15-20)28-25(31-23)19-9-12-21(13-10-19)27-26(32)29-24(30)18-7-5-16(2)6-8-18/h5-15,17H,4H2,1-3H3,(H2,27,29,30,32)/t17-/m1/s1. The second-order valence-electron chi connectivity index (χ2n) is 7.91. The summed E-state index contributed by atoms with van der Waals surface area (Å²) >= 11 is 5.28. The zero-order chi connectivity index (χ0) is 22.7. The highest BCUT2D eigenvalue weighted by Gasteiger charge is 2.12. The van der Waals surface area contributed by atoms with Crippen molar-refractivity contribution in [3.63, 3.8) is 0 Å². The number of aromatic nitrogens is 1. The Bertz CT molecular complexity index is 1260. The van der Waals surface area contributed by atoms with Gasteiger partial charge in [-0.2, -0.15) is 0 Å². The van der Waals surface area contributed by atoms with E-state index >= 15 is 0 Å². The number of fused-ring (bicyclic) bond motifs is 1. The summed E-state index contributed by atoms with van der Waals surface area (Å²) < 4.78 is 5.94. The molecule has 0 aliphatic rings. The third kappa shape index (κ3) is 4.86. The summed E-state index contributed by atoms with van der Waals surface area (Å²) in [5.74, 6) is 0.811. The molecular formula is C26H25N3O2S. The Morgan fingerprint density at radius 3 is 2.47 bits per heavy atom. The summed E-state index contributed by atoms with van der Waals surface area (Å²) in [4.78, 5) is 17.0. The van der Waals surface area contributed by atoms with Crippen molar-refractivity contribution < 1.29 is 9.21 Å². The van der Waals surface area contributed by atoms with Gasteiger partial charge in [-0.3, -0.25) is 10.1 Å². The summed E-state index contributed by atoms with van der Waals surface area (Å²) in [6.07, 6.45) is 1.08. The lowest BCUT2D eigenvalue weighted by molar-refractivity contribution is 0.0977. The van der Waals surface area contributed by atoms with Crippen LogP contribution in [0.4, 0.5) is 5.69 Å². The maximum Gasteiger partial charge on any atom is 0.257 e. The second-order valence-corrected chi connectivity index (χ2v) is 8.32. The van der Waals surface area contributed by atoms with Gasteiger partial charge in [-0.15, -0.1) is 0 Å². The smallest absolute Gasteiger partial charge is 0.257 e. The van der Waals surface area contributed by atoms with Crippen LogP contribution in [0.25, 0.3) is 22.6 Å². The van der Waals surface area contributed by atoms with Crippen LogP contribution in [0.5, 0.6) is 0 Å². The van der Waals surface area contributed by atoms with Crippen LogP contribution in [0.1, 0.15) is 47.7 Å². The van der Waals surface area contributed by atoms with Crippen molar-refractivity contribution in [2.24, 2.45) is 0 Å². The molecule has 0 saturated heterocycles. The third-order valence-corrected chi connectivity index (χ3v) is 5.73. The van der Waals surface area contributed by atoms with Gasteiger partial charge in [0.05, 0.1) is 0 Å². The van der Waals surface area contributed by atoms with Crippen LogP contribution in [0.2, 0.25) is 0 Å². The van der Waals surface area contributed by atoms with Gasteiger partial charge in [0.25, 0.3) is 5.91 Å². The highest BCUT2D eigenvalue weighted by atomic mass is 32.1. The largest absolute Gasteiger partial charge is 0.436 e. The predicted molar refractivity (Wildman–Crippen MR) is 133 cm³/mol. The SMILES string of the molecule is CC[C@@H](C)c1ccc2oc(-c3ccc(NC(=S)NC(=O)c4ccc(C)cc4)cc3)nc2c1. The highest BCUT2D eigenvalue weighted by molar-refractivity contribution is 7.80. The Balaban J connectivity index is 1.43. The lowest BCUT2D eigenvalue weighted by Crippen LogP contribution is -2.34. The van der Waals surface area contributed by atoms with Crippen molar-refractivity contribution in [2.75, 3.05) is 5.32 Å². The van der Waals surface area contributed by atoms with E-state index in [1.807, 2.05) is 49.4 Å². The van der Waals surface area contributed by atoms with E-state index in [0.29, 0.717) is 17.4 Å². The number of hydrogen-bond acceptors (Lipinski definition) is 4. The number of aryl methyl sites for hydroxylation is 1. The van der Waals surface area contributed by atoms with Crippen LogP contribution in [-0.2, 0) is 0 Å². The molecule has 32 heavy (non-hydrogen) atoms. The molecule has 1 amide bonds. The molecule has 4 rings (SSSR count). The van der Waals surface area contributed by atoms with E-state index in [9.17, 15) is 4.79 Å². The molecule has 6 heteroatoms. The van der Waals surface area contributed by atoms with Gasteiger partial charge in [0.2, 0.25) is 5.89 Å². The average Bonchev–Trinajstić information content (AvgIpc) is 3.22. The Morgan fingerprint density at radius 1 is 1.06 bits per heavy atom. The molecule has 0 spiro atoms. The number of hydrogen-bond donors (Lipinski definition) is 2. The van der Waals surface area contributed by atoms with E-state index in [1.165, 1.54) is 5.56 Å². The van der Waals surface area contributed by atoms with E-state index in [0.717, 1.165) is 34.3 Å². The molecule has 0 fully saturated rings. The Hall–Kier alpha value is -3.51. The van der Waals surface area contributed by atoms with Gasteiger partial charge in [-0.1, -0.05) is 37.6 Å². The number of anilines is 1. The van der Waals surface area contributed by atoms with Crippen molar-refractivity contribution in [3.05, 3.63) is 83.4 Å². The van der Waals surface area contributed by atoms with Gasteiger partial charge in [-0.05, 0) is 85.6 Å². The summed E-state index contributed by atoms with van der Waals surface area (Å²) in [6, 6.07) is 21.1. The van der Waals surface area contributed by atoms with Crippen molar-refractivity contribution in [1.82, 2.24) is 10.3 Å². The van der Waals surface area contributed by atoms with Crippen molar-refractivity contribution in [1.29, 1.82) is 0 Å². The maximum atomic E-state index is 12.3. The molecule has 1 atom stereocenters. The number of thiocarbonyl (C=S) groups is 1. The van der Waals surface area contributed by atoms with Crippen molar-refractivity contribution in [3.8, 4) is 11.5 Å². The number of rotatable bonds is 5. The van der Waals surface area contributed by atoms with E-state index in [4.69, 9.17) is 16.6 Å². The lowest BCUT2D eigenvalue weighted by atomic mass is 9.98. The highest BCUT2D eigenvalue weighted by Crippen LogP contribution is 2.28. The van der Waals surface area contributed by atoms with Crippen molar-refractivity contribution >= 4 is 40.0 Å². The number of nitrogens with zero attached hydrogens (tertiary/aromatic N) is 1. The first-order valence-electron chi connectivity index (χ1n) is 10.6. The molecule has 162 valence electrons. The molecule has 0 saturated carbocycles. The number of carbonyl (C=O) groups is 1. The van der Waals surface area contributed by atoms with Gasteiger partial charge >= 0.3 is 0 Å². The molecule has 3 aromatic carbocycles. The molecule has 0 radical (unpaired) electrons. The fourth-order valence-corrected chi connectivity index (χ4v) is 3.56. The van der Waals surface area contributed by atoms with Gasteiger partial charge in [0.15, 0.2) is 10.7 Å². The predicted octanol–water partition coefficient (Wildman–Crippen LogP) is 6.44. The number of nitrogens with one attached hydrogen (secondary N) is 2. The first-order chi connectivity index (χ1) is 15.4. The first kappa shape index (κ1) is 21.7. The fraction of sp³-hybridized carbons (Fsp3) is 0.192. The third-order valence-electron chi connectivity index (χ3n) is 5.52. The van der Waals surface area contributed by atoms with Crippen LogP contribution in [0.3, 0.4) is 0 Å². The Morgan fingerprint density at radius 2 is 1.78 bits per heavy atom. The molecule has 0 aliphatic heterocycles. The van der Waals surface area contributed by atoms with Gasteiger partial charge in [-0.25, -0.2) is 4.98 Å². The molecule has 0 aliphatic carbocycles. The number of amides is 1. The number of oxazole rings is 1. The van der Waals surface area contributed by atoms with E-state index in [1.54, 1.807) is 12.1 Å². The topological polar surface area (TPSA) is 67.2 Å². The summed E-state index contributed by atoms with van der Waals surface area (Å²) in [7, 11) is 0. The summed E-state index contributed by atoms with van der Waals surface area (Å²) in [5.41, 5.74) is 6.18. The molecule has 1 aromatic heterocycles. The number of carbonyl (C=O) groups excluding carboxylic acids is 1.